The van der Waals surface area contributed by atoms with Gasteiger partial charge in [0.25, 0.3) is 0 Å². The van der Waals surface area contributed by atoms with Gasteiger partial charge < -0.3 is 25.0 Å². The minimum atomic E-state index is 0.00284. The average Bonchev–Trinajstić information content (AvgIpc) is 3.28. The molecule has 1 atom stereocenters. The lowest BCUT2D eigenvalue weighted by Gasteiger charge is -2.36. The number of ether oxygens (including phenoxy) is 2. The SMILES string of the molecule is CCNC(=NCC(C)Oc1ccc(OC)cc1)NC1CCN(C2CCCC2)CC1. The number of rotatable bonds is 8. The van der Waals surface area contributed by atoms with E-state index in [4.69, 9.17) is 14.5 Å². The molecule has 2 aliphatic rings. The van der Waals surface area contributed by atoms with Crippen LogP contribution in [-0.4, -0.2) is 62.3 Å². The molecule has 162 valence electrons. The van der Waals surface area contributed by atoms with E-state index in [2.05, 4.69) is 29.4 Å². The van der Waals surface area contributed by atoms with Gasteiger partial charge in [-0.2, -0.15) is 0 Å². The smallest absolute Gasteiger partial charge is 0.191 e. The summed E-state index contributed by atoms with van der Waals surface area (Å²) < 4.78 is 11.2. The zero-order chi connectivity index (χ0) is 20.5. The summed E-state index contributed by atoms with van der Waals surface area (Å²) in [6.45, 7) is 8.05. The van der Waals surface area contributed by atoms with Crippen LogP contribution in [0.25, 0.3) is 0 Å². The van der Waals surface area contributed by atoms with Crippen molar-refractivity contribution in [3.05, 3.63) is 24.3 Å². The van der Waals surface area contributed by atoms with Gasteiger partial charge in [-0.05, 0) is 63.8 Å². The molecule has 1 aromatic carbocycles. The second-order valence-corrected chi connectivity index (χ2v) is 8.22. The zero-order valence-electron chi connectivity index (χ0n) is 18.3. The topological polar surface area (TPSA) is 58.1 Å². The number of piperidine rings is 1. The molecule has 1 saturated heterocycles. The molecule has 3 rings (SSSR count). The maximum absolute atomic E-state index is 5.98. The summed E-state index contributed by atoms with van der Waals surface area (Å²) in [5.41, 5.74) is 0. The van der Waals surface area contributed by atoms with E-state index in [9.17, 15) is 0 Å². The molecular weight excluding hydrogens is 364 g/mol. The van der Waals surface area contributed by atoms with Gasteiger partial charge in [0.2, 0.25) is 0 Å². The third kappa shape index (κ3) is 6.81. The number of aliphatic imine (C=N–C) groups is 1. The fourth-order valence-corrected chi connectivity index (χ4v) is 4.34. The molecular formula is C23H38N4O2. The molecule has 0 amide bonds. The number of guanidine groups is 1. The standard InChI is InChI=1S/C23H38N4O2/c1-4-24-23(25-17-18(2)29-22-11-9-21(28-3)10-12-22)26-19-13-15-27(16-14-19)20-7-5-6-8-20/h9-12,18-20H,4-8,13-17H2,1-3H3,(H2,24,25,26). The molecule has 1 heterocycles. The lowest BCUT2D eigenvalue weighted by Crippen LogP contribution is -2.50. The maximum atomic E-state index is 5.98. The minimum Gasteiger partial charge on any atom is -0.497 e. The number of methoxy groups -OCH3 is 1. The summed E-state index contributed by atoms with van der Waals surface area (Å²) in [7, 11) is 1.67. The van der Waals surface area contributed by atoms with Crippen molar-refractivity contribution >= 4 is 5.96 Å². The monoisotopic (exact) mass is 402 g/mol. The van der Waals surface area contributed by atoms with E-state index in [-0.39, 0.29) is 6.10 Å². The number of likely N-dealkylation sites (tertiary alicyclic amines) is 1. The number of hydrogen-bond donors (Lipinski definition) is 2. The van der Waals surface area contributed by atoms with Gasteiger partial charge in [0, 0.05) is 31.7 Å². The first-order chi connectivity index (χ1) is 14.2. The van der Waals surface area contributed by atoms with Gasteiger partial charge in [-0.1, -0.05) is 12.8 Å². The van der Waals surface area contributed by atoms with Gasteiger partial charge in [-0.15, -0.1) is 0 Å². The van der Waals surface area contributed by atoms with Crippen LogP contribution in [0.2, 0.25) is 0 Å². The van der Waals surface area contributed by atoms with Gasteiger partial charge >= 0.3 is 0 Å². The van der Waals surface area contributed by atoms with E-state index in [0.29, 0.717) is 12.6 Å². The highest BCUT2D eigenvalue weighted by molar-refractivity contribution is 5.80. The van der Waals surface area contributed by atoms with E-state index in [0.717, 1.165) is 30.0 Å². The highest BCUT2D eigenvalue weighted by Crippen LogP contribution is 2.26. The highest BCUT2D eigenvalue weighted by atomic mass is 16.5. The van der Waals surface area contributed by atoms with Crippen LogP contribution in [0.3, 0.4) is 0 Å². The molecule has 2 fully saturated rings. The second kappa shape index (κ2) is 11.3. The third-order valence-electron chi connectivity index (χ3n) is 5.96. The first-order valence-corrected chi connectivity index (χ1v) is 11.3. The summed E-state index contributed by atoms with van der Waals surface area (Å²) in [6.07, 6.45) is 8.01. The maximum Gasteiger partial charge on any atom is 0.191 e. The number of nitrogens with one attached hydrogen (secondary N) is 2. The van der Waals surface area contributed by atoms with Gasteiger partial charge in [0.15, 0.2) is 5.96 Å². The first-order valence-electron chi connectivity index (χ1n) is 11.3. The minimum absolute atomic E-state index is 0.00284. The molecule has 6 heteroatoms. The quantitative estimate of drug-likeness (QED) is 0.515. The molecule has 1 saturated carbocycles. The van der Waals surface area contributed by atoms with Crippen molar-refractivity contribution in [2.75, 3.05) is 33.3 Å². The molecule has 1 aliphatic carbocycles. The van der Waals surface area contributed by atoms with Crippen LogP contribution in [0.5, 0.6) is 11.5 Å². The summed E-state index contributed by atoms with van der Waals surface area (Å²) in [5, 5.41) is 7.03. The van der Waals surface area contributed by atoms with Crippen molar-refractivity contribution in [3.63, 3.8) is 0 Å². The predicted octanol–water partition coefficient (Wildman–Crippen LogP) is 3.42. The third-order valence-corrected chi connectivity index (χ3v) is 5.96. The molecule has 2 N–H and O–H groups in total. The Bertz CT molecular complexity index is 620. The molecule has 0 radical (unpaired) electrons. The lowest BCUT2D eigenvalue weighted by molar-refractivity contribution is 0.150. The lowest BCUT2D eigenvalue weighted by atomic mass is 10.0. The van der Waals surface area contributed by atoms with Crippen LogP contribution in [0, 0.1) is 0 Å². The molecule has 6 nitrogen and oxygen atoms in total. The van der Waals surface area contributed by atoms with Crippen molar-refractivity contribution in [1.82, 2.24) is 15.5 Å². The van der Waals surface area contributed by atoms with Crippen LogP contribution in [0.15, 0.2) is 29.3 Å². The number of hydrogen-bond acceptors (Lipinski definition) is 4. The van der Waals surface area contributed by atoms with E-state index in [1.54, 1.807) is 7.11 Å². The summed E-state index contributed by atoms with van der Waals surface area (Å²) in [6, 6.07) is 9.03. The van der Waals surface area contributed by atoms with Crippen molar-refractivity contribution in [2.45, 2.75) is 70.6 Å². The average molecular weight is 403 g/mol. The number of nitrogens with zero attached hydrogens (tertiary/aromatic N) is 2. The summed E-state index contributed by atoms with van der Waals surface area (Å²) in [5.74, 6) is 2.57. The highest BCUT2D eigenvalue weighted by Gasteiger charge is 2.27. The Balaban J connectivity index is 1.45. The molecule has 1 unspecified atom stereocenters. The van der Waals surface area contributed by atoms with E-state index < -0.39 is 0 Å². The van der Waals surface area contributed by atoms with Crippen molar-refractivity contribution in [1.29, 1.82) is 0 Å². The second-order valence-electron chi connectivity index (χ2n) is 8.22. The fourth-order valence-electron chi connectivity index (χ4n) is 4.34. The Hall–Kier alpha value is -1.95. The van der Waals surface area contributed by atoms with Crippen molar-refractivity contribution < 1.29 is 9.47 Å². The molecule has 1 aromatic rings. The Morgan fingerprint density at radius 1 is 1.10 bits per heavy atom. The fraction of sp³-hybridized carbons (Fsp3) is 0.696. The Morgan fingerprint density at radius 3 is 2.38 bits per heavy atom. The zero-order valence-corrected chi connectivity index (χ0v) is 18.3. The van der Waals surface area contributed by atoms with E-state index in [1.807, 2.05) is 24.3 Å². The normalized spacial score (nSPS) is 20.4. The Morgan fingerprint density at radius 2 is 1.76 bits per heavy atom. The van der Waals surface area contributed by atoms with Crippen LogP contribution >= 0.6 is 0 Å². The molecule has 0 spiro atoms. The molecule has 29 heavy (non-hydrogen) atoms. The summed E-state index contributed by atoms with van der Waals surface area (Å²) in [4.78, 5) is 7.47. The molecule has 0 aromatic heterocycles. The van der Waals surface area contributed by atoms with Crippen LogP contribution in [0.1, 0.15) is 52.4 Å². The van der Waals surface area contributed by atoms with Gasteiger partial charge in [0.1, 0.15) is 17.6 Å². The van der Waals surface area contributed by atoms with Crippen LogP contribution < -0.4 is 20.1 Å². The van der Waals surface area contributed by atoms with Crippen LogP contribution in [-0.2, 0) is 0 Å². The van der Waals surface area contributed by atoms with E-state index in [1.165, 1.54) is 51.6 Å². The number of benzene rings is 1. The van der Waals surface area contributed by atoms with E-state index >= 15 is 0 Å². The molecule has 1 aliphatic heterocycles. The van der Waals surface area contributed by atoms with Crippen molar-refractivity contribution in [2.24, 2.45) is 4.99 Å². The van der Waals surface area contributed by atoms with Crippen molar-refractivity contribution in [3.8, 4) is 11.5 Å². The molecule has 0 bridgehead atoms. The first kappa shape index (κ1) is 21.8. The van der Waals surface area contributed by atoms with Gasteiger partial charge in [-0.3, -0.25) is 0 Å². The Labute approximate surface area is 176 Å². The Kier molecular flexibility index (Phi) is 8.47. The van der Waals surface area contributed by atoms with Crippen LogP contribution in [0.4, 0.5) is 0 Å². The summed E-state index contributed by atoms with van der Waals surface area (Å²) >= 11 is 0. The predicted molar refractivity (Wildman–Crippen MR) is 119 cm³/mol. The van der Waals surface area contributed by atoms with Gasteiger partial charge in [0.05, 0.1) is 13.7 Å². The van der Waals surface area contributed by atoms with Gasteiger partial charge in [-0.25, -0.2) is 4.99 Å². The largest absolute Gasteiger partial charge is 0.497 e.